The maximum Gasteiger partial charge on any atom is 0.301 e. The van der Waals surface area contributed by atoms with E-state index in [1.54, 1.807) is 52.8 Å². The molecule has 2 saturated heterocycles. The van der Waals surface area contributed by atoms with Gasteiger partial charge in [0.2, 0.25) is 17.6 Å². The van der Waals surface area contributed by atoms with Gasteiger partial charge >= 0.3 is 10.2 Å². The molecule has 0 saturated carbocycles. The number of benzene rings is 3. The summed E-state index contributed by atoms with van der Waals surface area (Å²) in [6, 6.07) is 17.0. The Morgan fingerprint density at radius 3 is 2.42 bits per heavy atom. The third-order valence-corrected chi connectivity index (χ3v) is 15.1. The number of H-pyrrole nitrogens is 1. The van der Waals surface area contributed by atoms with E-state index >= 15 is 8.78 Å². The molecule has 20 heteroatoms. The zero-order valence-corrected chi connectivity index (χ0v) is 41.2. The lowest BCUT2D eigenvalue weighted by Gasteiger charge is -2.36. The van der Waals surface area contributed by atoms with E-state index < -0.39 is 75.2 Å². The summed E-state index contributed by atoms with van der Waals surface area (Å²) in [5.41, 5.74) is 4.62. The molecular weight excluding hydrogens is 958 g/mol. The second-order valence-corrected chi connectivity index (χ2v) is 21.4. The number of carbonyl (C=O) groups is 3. The number of hydrogen-bond acceptors (Lipinski definition) is 11. The van der Waals surface area contributed by atoms with E-state index in [4.69, 9.17) is 4.74 Å². The van der Waals surface area contributed by atoms with E-state index in [9.17, 15) is 32.3 Å². The number of fused-ring (bicyclic) bond motifs is 1. The van der Waals surface area contributed by atoms with Crippen LogP contribution in [0.2, 0.25) is 0 Å². The molecule has 0 aliphatic carbocycles. The van der Waals surface area contributed by atoms with E-state index in [0.717, 1.165) is 38.1 Å². The Hall–Kier alpha value is -6.61. The number of alkyl halides is 1. The normalized spacial score (nSPS) is 17.9. The largest absolute Gasteiger partial charge is 0.494 e. The Bertz CT molecular complexity index is 3070. The van der Waals surface area contributed by atoms with Crippen LogP contribution in [0, 0.1) is 24.0 Å². The lowest BCUT2D eigenvalue weighted by molar-refractivity contribution is -0.140. The molecule has 5 heterocycles. The van der Waals surface area contributed by atoms with Crippen molar-refractivity contribution in [2.75, 3.05) is 31.0 Å². The number of amides is 2. The number of aliphatic hydroxyl groups is 1. The predicted octanol–water partition coefficient (Wildman–Crippen LogP) is 7.83. The Morgan fingerprint density at radius 2 is 1.75 bits per heavy atom. The highest BCUT2D eigenvalue weighted by Gasteiger charge is 2.43. The van der Waals surface area contributed by atoms with Crippen LogP contribution >= 0.6 is 11.3 Å². The molecule has 5 N–H and O–H groups in total. The van der Waals surface area contributed by atoms with Gasteiger partial charge in [0, 0.05) is 73.6 Å². The number of aliphatic hydroxyl groups excluding tert-OH is 1. The van der Waals surface area contributed by atoms with E-state index in [2.05, 4.69) is 44.3 Å². The molecule has 71 heavy (non-hydrogen) atoms. The average molecular weight is 1010 g/mol. The van der Waals surface area contributed by atoms with Crippen LogP contribution in [0.25, 0.3) is 32.6 Å². The Labute approximate surface area is 413 Å². The number of aromatic amines is 1. The average Bonchev–Trinajstić information content (AvgIpc) is 4.16. The molecule has 2 aliphatic rings. The van der Waals surface area contributed by atoms with Gasteiger partial charge in [-0.3, -0.25) is 19.1 Å². The number of aryl methyl sites for hydroxylation is 1. The fourth-order valence-corrected chi connectivity index (χ4v) is 10.8. The van der Waals surface area contributed by atoms with Crippen molar-refractivity contribution < 1.29 is 45.8 Å². The first-order valence-corrected chi connectivity index (χ1v) is 25.4. The van der Waals surface area contributed by atoms with Gasteiger partial charge in [0.15, 0.2) is 5.82 Å². The van der Waals surface area contributed by atoms with E-state index in [-0.39, 0.29) is 60.9 Å². The van der Waals surface area contributed by atoms with Crippen molar-refractivity contribution in [2.45, 2.75) is 84.3 Å². The topological polar surface area (TPSA) is 199 Å². The third kappa shape index (κ3) is 11.5. The molecule has 2 fully saturated rings. The van der Waals surface area contributed by atoms with E-state index in [1.807, 2.05) is 50.1 Å². The summed E-state index contributed by atoms with van der Waals surface area (Å²) in [5, 5.41) is 17.3. The number of ketones is 1. The van der Waals surface area contributed by atoms with Crippen molar-refractivity contribution in [2.24, 2.45) is 5.41 Å². The number of pyridine rings is 1. The van der Waals surface area contributed by atoms with Crippen LogP contribution in [0.1, 0.15) is 73.6 Å². The van der Waals surface area contributed by atoms with Crippen molar-refractivity contribution in [3.05, 3.63) is 131 Å². The lowest BCUT2D eigenvalue weighted by Crippen LogP contribution is -2.56. The van der Waals surface area contributed by atoms with Crippen LogP contribution in [0.3, 0.4) is 0 Å². The number of rotatable bonds is 18. The number of ether oxygens (including phenoxy) is 1. The number of thiazole rings is 1. The maximum atomic E-state index is 15.8. The Kier molecular flexibility index (Phi) is 15.0. The minimum Gasteiger partial charge on any atom is -0.494 e. The molecule has 4 atom stereocenters. The smallest absolute Gasteiger partial charge is 0.301 e. The Balaban J connectivity index is 0.844. The molecule has 374 valence electrons. The number of anilines is 1. The highest BCUT2D eigenvalue weighted by Crippen LogP contribution is 2.33. The molecule has 3 aromatic heterocycles. The first kappa shape index (κ1) is 50.8. The molecule has 0 bridgehead atoms. The van der Waals surface area contributed by atoms with Crippen molar-refractivity contribution in [1.29, 1.82) is 0 Å². The monoisotopic (exact) mass is 1010 g/mol. The molecule has 15 nitrogen and oxygen atoms in total. The molecule has 8 rings (SSSR count). The van der Waals surface area contributed by atoms with Gasteiger partial charge in [-0.2, -0.15) is 12.7 Å². The Morgan fingerprint density at radius 1 is 1.01 bits per heavy atom. The second kappa shape index (κ2) is 21.0. The highest BCUT2D eigenvalue weighted by atomic mass is 32.2. The second-order valence-electron chi connectivity index (χ2n) is 18.9. The van der Waals surface area contributed by atoms with Gasteiger partial charge in [0.25, 0.3) is 0 Å². The lowest BCUT2D eigenvalue weighted by atomic mass is 9.85. The number of aromatic nitrogens is 3. The first-order valence-electron chi connectivity index (χ1n) is 23.1. The maximum absolute atomic E-state index is 15.8. The van der Waals surface area contributed by atoms with Crippen LogP contribution in [0.4, 0.5) is 18.9 Å². The van der Waals surface area contributed by atoms with Crippen LogP contribution in [0.15, 0.2) is 96.9 Å². The van der Waals surface area contributed by atoms with Crippen molar-refractivity contribution in [3.8, 4) is 27.3 Å². The number of carbonyl (C=O) groups excluding carboxylic acids is 3. The van der Waals surface area contributed by atoms with Gasteiger partial charge in [0.1, 0.15) is 29.4 Å². The fraction of sp³-hybridized carbons (Fsp3) is 0.353. The molecule has 2 amide bonds. The summed E-state index contributed by atoms with van der Waals surface area (Å²) >= 11 is 1.59. The number of hydrogen-bond donors (Lipinski definition) is 5. The number of likely N-dealkylation sites (tertiary alicyclic amines) is 1. The molecule has 0 unspecified atom stereocenters. The minimum absolute atomic E-state index is 0.0171. The van der Waals surface area contributed by atoms with Crippen molar-refractivity contribution in [3.63, 3.8) is 0 Å². The number of halogens is 3. The van der Waals surface area contributed by atoms with Gasteiger partial charge < -0.3 is 30.4 Å². The molecule has 2 aliphatic heterocycles. The summed E-state index contributed by atoms with van der Waals surface area (Å²) in [6.45, 7) is 12.1. The van der Waals surface area contributed by atoms with Gasteiger partial charge in [-0.05, 0) is 72.2 Å². The molecule has 3 aromatic carbocycles. The van der Waals surface area contributed by atoms with Crippen LogP contribution in [0.5, 0.6) is 5.75 Å². The van der Waals surface area contributed by atoms with Gasteiger partial charge in [-0.25, -0.2) is 23.1 Å². The molecular formula is C51H55F3N8O7S2. The van der Waals surface area contributed by atoms with Crippen molar-refractivity contribution >= 4 is 55.9 Å². The van der Waals surface area contributed by atoms with E-state index in [0.29, 0.717) is 42.0 Å². The predicted molar refractivity (Wildman–Crippen MR) is 265 cm³/mol. The number of nitrogens with zero attached hydrogens (tertiary/aromatic N) is 4. The molecule has 0 spiro atoms. The number of β-amino-alcohol motifs (C(OH)–C–C–N with tert-alkyl or cyclic N) is 1. The molecule has 6 aromatic rings. The molecule has 0 radical (unpaired) electrons. The summed E-state index contributed by atoms with van der Waals surface area (Å²) in [7, 11) is -4.39. The van der Waals surface area contributed by atoms with Crippen LogP contribution in [-0.4, -0.2) is 106 Å². The summed E-state index contributed by atoms with van der Waals surface area (Å²) in [6.07, 6.45) is 1.42. The van der Waals surface area contributed by atoms with Crippen LogP contribution < -0.4 is 20.1 Å². The van der Waals surface area contributed by atoms with Crippen LogP contribution in [-0.2, 0) is 26.3 Å². The van der Waals surface area contributed by atoms with Gasteiger partial charge in [-0.15, -0.1) is 11.3 Å². The zero-order valence-electron chi connectivity index (χ0n) is 39.6. The third-order valence-electron chi connectivity index (χ3n) is 12.6. The zero-order chi connectivity index (χ0) is 50.8. The highest BCUT2D eigenvalue weighted by molar-refractivity contribution is 7.90. The van der Waals surface area contributed by atoms with Gasteiger partial charge in [-0.1, -0.05) is 63.7 Å². The summed E-state index contributed by atoms with van der Waals surface area (Å²) in [4.78, 5) is 55.5. The quantitative estimate of drug-likeness (QED) is 0.0418. The number of nitrogens with one attached hydrogen (secondary N) is 4. The SMILES string of the molecule is C=C(NCc1ccc(-c2scnc2C)cc1)[C@@H]1C[C@@H](O)CN1C(=O)[C@@H](NC(=O)CCCOc1ccc(-c2cnc3[nH]cc(C(=O)c4c(F)ccc(NS(=O)(=O)N5CC[C@@H](F)C5)c4F)c3c2)cc1)C(C)(C)C. The van der Waals surface area contributed by atoms with Crippen molar-refractivity contribution in [1.82, 2.24) is 34.8 Å². The summed E-state index contributed by atoms with van der Waals surface area (Å²) in [5.74, 6) is -3.81. The van der Waals surface area contributed by atoms with Gasteiger partial charge in [0.05, 0.1) is 46.1 Å². The summed E-state index contributed by atoms with van der Waals surface area (Å²) < 4.78 is 79.0. The fourth-order valence-electron chi connectivity index (χ4n) is 8.72. The minimum atomic E-state index is -4.39. The first-order chi connectivity index (χ1) is 33.8. The standard InChI is InChI=1S/C51H55F3N8O7S2/c1-29(55-23-31-8-10-33(11-9-31)47-30(2)58-28-70-47)42-22-36(63)27-62(42)50(66)48(51(3,4)5)59-43(64)7-6-20-69-37-14-12-32(13-15-37)34-21-38-39(25-57-49(38)56-24-34)46(65)44-40(53)16-17-41(45(44)54)60-71(67,68)61-19-18-35(52)26-61/h8-17,21,24-25,28,35-36,42,48,55,60,63H,1,6-7,18-20,22-23,26-27H2,2-5H3,(H,56,57)(H,59,64)/t35-,36-,42+,48-/m1/s1. The van der Waals surface area contributed by atoms with E-state index in [1.165, 1.54) is 6.20 Å².